The van der Waals surface area contributed by atoms with E-state index >= 15 is 0 Å². The Kier molecular flexibility index (Phi) is 4.90. The van der Waals surface area contributed by atoms with Gasteiger partial charge in [0.25, 0.3) is 0 Å². The van der Waals surface area contributed by atoms with E-state index in [1.165, 1.54) is 0 Å². The summed E-state index contributed by atoms with van der Waals surface area (Å²) >= 11 is 0. The van der Waals surface area contributed by atoms with Crippen LogP contribution in [0, 0.1) is 0 Å². The molecule has 1 atom stereocenters. The third-order valence-electron chi connectivity index (χ3n) is 5.24. The maximum absolute atomic E-state index is 12.5. The fraction of sp³-hybridized carbons (Fsp3) is 0.300. The first-order valence-electron chi connectivity index (χ1n) is 9.94. The third kappa shape index (κ3) is 3.89. The lowest BCUT2D eigenvalue weighted by Gasteiger charge is -2.17. The number of nitrogens with zero attached hydrogens (tertiary/aromatic N) is 8. The lowest BCUT2D eigenvalue weighted by atomic mass is 10.3. The summed E-state index contributed by atoms with van der Waals surface area (Å²) in [6, 6.07) is 9.38. The van der Waals surface area contributed by atoms with E-state index in [2.05, 4.69) is 30.7 Å². The van der Waals surface area contributed by atoms with Gasteiger partial charge in [0.05, 0.1) is 19.0 Å². The zero-order valence-electron chi connectivity index (χ0n) is 16.9. The highest BCUT2D eigenvalue weighted by Crippen LogP contribution is 2.19. The van der Waals surface area contributed by atoms with E-state index < -0.39 is 0 Å². The molecule has 1 aromatic carbocycles. The second kappa shape index (κ2) is 8.01. The van der Waals surface area contributed by atoms with E-state index in [1.807, 2.05) is 29.2 Å². The van der Waals surface area contributed by atoms with Crippen molar-refractivity contribution >= 4 is 23.0 Å². The molecule has 3 aromatic heterocycles. The number of aromatic nitrogens is 7. The lowest BCUT2D eigenvalue weighted by Crippen LogP contribution is -2.34. The van der Waals surface area contributed by atoms with Gasteiger partial charge in [-0.05, 0) is 36.8 Å². The van der Waals surface area contributed by atoms with Gasteiger partial charge in [-0.3, -0.25) is 9.48 Å². The average Bonchev–Trinajstić information content (AvgIpc) is 3.55. The Morgan fingerprint density at radius 2 is 2.16 bits per heavy atom. The van der Waals surface area contributed by atoms with Crippen LogP contribution >= 0.6 is 0 Å². The number of amides is 1. The van der Waals surface area contributed by atoms with Crippen LogP contribution in [0.15, 0.2) is 48.9 Å². The number of rotatable bonds is 6. The SMILES string of the molecule is COc1ccc(-n2nnc3cnc(N[C@H]4CCN(C(=O)Cn5cccn5)C4)nc32)cc1. The number of hydrogen-bond acceptors (Lipinski definition) is 8. The summed E-state index contributed by atoms with van der Waals surface area (Å²) in [5.74, 6) is 1.29. The molecule has 0 aliphatic carbocycles. The number of carbonyl (C=O) groups excluding carboxylic acids is 1. The molecule has 1 aliphatic heterocycles. The van der Waals surface area contributed by atoms with Gasteiger partial charge in [-0.2, -0.15) is 14.8 Å². The molecule has 0 saturated carbocycles. The zero-order chi connectivity index (χ0) is 21.2. The molecule has 0 unspecified atom stereocenters. The summed E-state index contributed by atoms with van der Waals surface area (Å²) in [6.45, 7) is 1.53. The normalized spacial score (nSPS) is 16.0. The molecule has 1 saturated heterocycles. The minimum absolute atomic E-state index is 0.0474. The van der Waals surface area contributed by atoms with Crippen molar-refractivity contribution in [2.45, 2.75) is 19.0 Å². The van der Waals surface area contributed by atoms with E-state index in [-0.39, 0.29) is 18.5 Å². The Labute approximate surface area is 177 Å². The van der Waals surface area contributed by atoms with Gasteiger partial charge in [0.15, 0.2) is 11.2 Å². The van der Waals surface area contributed by atoms with Crippen molar-refractivity contribution in [3.8, 4) is 11.4 Å². The Balaban J connectivity index is 1.29. The number of methoxy groups -OCH3 is 1. The average molecular weight is 419 g/mol. The van der Waals surface area contributed by atoms with E-state index in [4.69, 9.17) is 4.74 Å². The molecule has 0 spiro atoms. The first-order chi connectivity index (χ1) is 15.2. The molecular formula is C20H21N9O2. The smallest absolute Gasteiger partial charge is 0.244 e. The number of benzene rings is 1. The number of fused-ring (bicyclic) bond motifs is 1. The van der Waals surface area contributed by atoms with E-state index in [1.54, 1.807) is 41.1 Å². The van der Waals surface area contributed by atoms with Crippen LogP contribution in [0.1, 0.15) is 6.42 Å². The molecule has 158 valence electrons. The van der Waals surface area contributed by atoms with Gasteiger partial charge >= 0.3 is 0 Å². The van der Waals surface area contributed by atoms with Crippen molar-refractivity contribution in [2.75, 3.05) is 25.5 Å². The molecule has 11 heteroatoms. The maximum atomic E-state index is 12.5. The Morgan fingerprint density at radius 3 is 2.94 bits per heavy atom. The van der Waals surface area contributed by atoms with Crippen molar-refractivity contribution in [3.05, 3.63) is 48.9 Å². The summed E-state index contributed by atoms with van der Waals surface area (Å²) in [4.78, 5) is 23.3. The Bertz CT molecular complexity index is 1190. The molecule has 1 amide bonds. The summed E-state index contributed by atoms with van der Waals surface area (Å²) in [7, 11) is 1.63. The van der Waals surface area contributed by atoms with E-state index in [0.29, 0.717) is 30.2 Å². The van der Waals surface area contributed by atoms with Gasteiger partial charge in [0.1, 0.15) is 12.3 Å². The quantitative estimate of drug-likeness (QED) is 0.494. The number of carbonyl (C=O) groups is 1. The molecule has 5 rings (SSSR count). The van der Waals surface area contributed by atoms with Crippen LogP contribution < -0.4 is 10.1 Å². The van der Waals surface area contributed by atoms with Crippen molar-refractivity contribution < 1.29 is 9.53 Å². The van der Waals surface area contributed by atoms with Crippen LogP contribution in [0.2, 0.25) is 0 Å². The van der Waals surface area contributed by atoms with E-state index in [9.17, 15) is 4.79 Å². The molecule has 0 bridgehead atoms. The van der Waals surface area contributed by atoms with Crippen molar-refractivity contribution in [3.63, 3.8) is 0 Å². The van der Waals surface area contributed by atoms with Gasteiger partial charge in [-0.15, -0.1) is 5.10 Å². The topological polar surface area (TPSA) is 116 Å². The van der Waals surface area contributed by atoms with Crippen LogP contribution in [0.5, 0.6) is 5.75 Å². The van der Waals surface area contributed by atoms with Crippen molar-refractivity contribution in [2.24, 2.45) is 0 Å². The first-order valence-corrected chi connectivity index (χ1v) is 9.94. The Morgan fingerprint density at radius 1 is 1.29 bits per heavy atom. The van der Waals surface area contributed by atoms with Crippen LogP contribution in [0.3, 0.4) is 0 Å². The second-order valence-electron chi connectivity index (χ2n) is 7.28. The van der Waals surface area contributed by atoms with Crippen LogP contribution in [-0.4, -0.2) is 71.8 Å². The molecule has 1 fully saturated rings. The largest absolute Gasteiger partial charge is 0.497 e. The minimum Gasteiger partial charge on any atom is -0.497 e. The van der Waals surface area contributed by atoms with Crippen LogP contribution in [0.25, 0.3) is 16.9 Å². The predicted octanol–water partition coefficient (Wildman–Crippen LogP) is 1.13. The summed E-state index contributed by atoms with van der Waals surface area (Å²) in [6.07, 6.45) is 5.92. The van der Waals surface area contributed by atoms with Gasteiger partial charge in [0.2, 0.25) is 11.9 Å². The number of nitrogens with one attached hydrogen (secondary N) is 1. The zero-order valence-corrected chi connectivity index (χ0v) is 16.9. The fourth-order valence-electron chi connectivity index (χ4n) is 3.61. The highest BCUT2D eigenvalue weighted by Gasteiger charge is 2.27. The molecule has 0 radical (unpaired) electrons. The molecule has 1 N–H and O–H groups in total. The van der Waals surface area contributed by atoms with Crippen LogP contribution in [-0.2, 0) is 11.3 Å². The highest BCUT2D eigenvalue weighted by molar-refractivity contribution is 5.76. The number of ether oxygens (including phenoxy) is 1. The summed E-state index contributed by atoms with van der Waals surface area (Å²) in [5.41, 5.74) is 2.03. The second-order valence-corrected chi connectivity index (χ2v) is 7.28. The van der Waals surface area contributed by atoms with Gasteiger partial charge in [-0.25, -0.2) is 4.98 Å². The highest BCUT2D eigenvalue weighted by atomic mass is 16.5. The first kappa shape index (κ1) is 19.0. The molecule has 31 heavy (non-hydrogen) atoms. The molecule has 1 aliphatic rings. The maximum Gasteiger partial charge on any atom is 0.244 e. The predicted molar refractivity (Wildman–Crippen MR) is 112 cm³/mol. The molecule has 4 aromatic rings. The third-order valence-corrected chi connectivity index (χ3v) is 5.24. The fourth-order valence-corrected chi connectivity index (χ4v) is 3.61. The standard InChI is InChI=1S/C20H21N9O2/c1-31-16-5-3-15(4-6-16)29-19-17(25-26-29)11-21-20(24-19)23-14-7-10-27(12-14)18(30)13-28-9-2-8-22-28/h2-6,8-9,11,14H,7,10,12-13H2,1H3,(H,21,23,24)/t14-/m0/s1. The summed E-state index contributed by atoms with van der Waals surface area (Å²) in [5, 5.41) is 15.8. The molecule has 4 heterocycles. The number of anilines is 1. The monoisotopic (exact) mass is 419 g/mol. The molecule has 11 nitrogen and oxygen atoms in total. The molecular weight excluding hydrogens is 398 g/mol. The lowest BCUT2D eigenvalue weighted by molar-refractivity contribution is -0.130. The van der Waals surface area contributed by atoms with Gasteiger partial charge < -0.3 is 15.0 Å². The van der Waals surface area contributed by atoms with Gasteiger partial charge in [-0.1, -0.05) is 5.21 Å². The van der Waals surface area contributed by atoms with Gasteiger partial charge in [0, 0.05) is 31.5 Å². The van der Waals surface area contributed by atoms with Crippen molar-refractivity contribution in [1.82, 2.24) is 39.6 Å². The van der Waals surface area contributed by atoms with E-state index in [0.717, 1.165) is 17.9 Å². The number of likely N-dealkylation sites (tertiary alicyclic amines) is 1. The number of hydrogen-bond donors (Lipinski definition) is 1. The minimum atomic E-state index is 0.0474. The Hall–Kier alpha value is -4.02. The van der Waals surface area contributed by atoms with Crippen molar-refractivity contribution in [1.29, 1.82) is 0 Å². The summed E-state index contributed by atoms with van der Waals surface area (Å²) < 4.78 is 8.50. The van der Waals surface area contributed by atoms with Crippen LogP contribution in [0.4, 0.5) is 5.95 Å².